The summed E-state index contributed by atoms with van der Waals surface area (Å²) in [6.45, 7) is 7.04. The number of halogens is 2. The summed E-state index contributed by atoms with van der Waals surface area (Å²) in [5.41, 5.74) is 1.37. The lowest BCUT2D eigenvalue weighted by molar-refractivity contribution is 0.173. The molecular weight excluding hydrogens is 324 g/mol. The van der Waals surface area contributed by atoms with Crippen LogP contribution in [0.1, 0.15) is 46.5 Å². The number of hydrogen-bond donors (Lipinski definition) is 1. The highest BCUT2D eigenvalue weighted by molar-refractivity contribution is 9.10. The Morgan fingerprint density at radius 1 is 1.26 bits per heavy atom. The molecule has 0 saturated heterocycles. The molecule has 0 unspecified atom stereocenters. The third kappa shape index (κ3) is 4.09. The van der Waals surface area contributed by atoms with Gasteiger partial charge in [0, 0.05) is 16.7 Å². The van der Waals surface area contributed by atoms with Crippen molar-refractivity contribution in [1.29, 1.82) is 0 Å². The topological polar surface area (TPSA) is 24.9 Å². The maximum atomic E-state index is 6.12. The van der Waals surface area contributed by atoms with Crippen LogP contribution in [0.4, 0.5) is 5.69 Å². The van der Waals surface area contributed by atoms with Crippen molar-refractivity contribution in [3.05, 3.63) is 21.9 Å². The number of anilines is 1. The Morgan fingerprint density at radius 2 is 1.89 bits per heavy atom. The predicted octanol–water partition coefficient (Wildman–Crippen LogP) is 5.51. The van der Waals surface area contributed by atoms with Gasteiger partial charge in [0.05, 0.1) is 5.69 Å². The van der Waals surface area contributed by atoms with Crippen molar-refractivity contribution in [2.24, 2.45) is 11.3 Å². The maximum Gasteiger partial charge on any atom is 0.152 e. The van der Waals surface area contributed by atoms with Gasteiger partial charge in [-0.2, -0.15) is 0 Å². The van der Waals surface area contributed by atoms with Crippen LogP contribution in [0.25, 0.3) is 0 Å². The molecule has 0 atom stereocenters. The zero-order chi connectivity index (χ0) is 14.0. The fraction of sp³-hybridized carbons (Fsp3) is 0.667. The van der Waals surface area contributed by atoms with Gasteiger partial charge in [-0.15, -0.1) is 0 Å². The van der Waals surface area contributed by atoms with Crippen LogP contribution in [-0.4, -0.2) is 11.0 Å². The fourth-order valence-corrected chi connectivity index (χ4v) is 3.34. The standard InChI is InChI=1S/C15H22BrClN2/c1-15(2,3)10-4-6-12(7-5-10)19-13-8-11(16)9-18-14(13)17/h8-10,12,19H,4-7H2,1-3H3. The van der Waals surface area contributed by atoms with Crippen LogP contribution in [0, 0.1) is 11.3 Å². The number of pyridine rings is 1. The molecule has 0 aromatic carbocycles. The third-order valence-electron chi connectivity index (χ3n) is 4.12. The molecule has 106 valence electrons. The van der Waals surface area contributed by atoms with Gasteiger partial charge in [-0.1, -0.05) is 32.4 Å². The van der Waals surface area contributed by atoms with Crippen LogP contribution in [0.15, 0.2) is 16.7 Å². The van der Waals surface area contributed by atoms with Crippen molar-refractivity contribution in [3.63, 3.8) is 0 Å². The summed E-state index contributed by atoms with van der Waals surface area (Å²) in [5, 5.41) is 4.09. The van der Waals surface area contributed by atoms with Gasteiger partial charge in [-0.25, -0.2) is 4.98 Å². The Labute approximate surface area is 129 Å². The first-order valence-corrected chi connectivity index (χ1v) is 8.11. The molecule has 1 heterocycles. The molecule has 19 heavy (non-hydrogen) atoms. The molecule has 0 bridgehead atoms. The summed E-state index contributed by atoms with van der Waals surface area (Å²) in [6.07, 6.45) is 6.74. The van der Waals surface area contributed by atoms with Crippen molar-refractivity contribution >= 4 is 33.2 Å². The molecule has 1 aromatic rings. The van der Waals surface area contributed by atoms with E-state index >= 15 is 0 Å². The molecule has 4 heteroatoms. The Kier molecular flexibility index (Phi) is 4.78. The molecule has 0 radical (unpaired) electrons. The van der Waals surface area contributed by atoms with E-state index < -0.39 is 0 Å². The van der Waals surface area contributed by atoms with E-state index in [0.29, 0.717) is 16.6 Å². The van der Waals surface area contributed by atoms with Crippen LogP contribution in [-0.2, 0) is 0 Å². The van der Waals surface area contributed by atoms with E-state index in [-0.39, 0.29) is 0 Å². The van der Waals surface area contributed by atoms with Gasteiger partial charge in [0.2, 0.25) is 0 Å². The summed E-state index contributed by atoms with van der Waals surface area (Å²) in [4.78, 5) is 4.15. The quantitative estimate of drug-likeness (QED) is 0.714. The van der Waals surface area contributed by atoms with Crippen LogP contribution in [0.5, 0.6) is 0 Å². The normalized spacial score (nSPS) is 24.3. The van der Waals surface area contributed by atoms with Crippen LogP contribution < -0.4 is 5.32 Å². The van der Waals surface area contributed by atoms with E-state index in [1.807, 2.05) is 6.07 Å². The minimum absolute atomic E-state index is 0.431. The van der Waals surface area contributed by atoms with Crippen molar-refractivity contribution < 1.29 is 0 Å². The van der Waals surface area contributed by atoms with Gasteiger partial charge in [-0.05, 0) is 59.0 Å². The second-order valence-electron chi connectivity index (χ2n) is 6.55. The average molecular weight is 346 g/mol. The zero-order valence-corrected chi connectivity index (χ0v) is 14.2. The second kappa shape index (κ2) is 6.01. The molecule has 1 aliphatic rings. The van der Waals surface area contributed by atoms with Gasteiger partial charge in [0.1, 0.15) is 0 Å². The monoisotopic (exact) mass is 344 g/mol. The number of nitrogens with one attached hydrogen (secondary N) is 1. The smallest absolute Gasteiger partial charge is 0.152 e. The fourth-order valence-electron chi connectivity index (χ4n) is 2.85. The van der Waals surface area contributed by atoms with Gasteiger partial charge in [-0.3, -0.25) is 0 Å². The summed E-state index contributed by atoms with van der Waals surface area (Å²) in [6, 6.07) is 2.53. The third-order valence-corrected chi connectivity index (χ3v) is 4.85. The van der Waals surface area contributed by atoms with Crippen molar-refractivity contribution in [2.75, 3.05) is 5.32 Å². The second-order valence-corrected chi connectivity index (χ2v) is 7.82. The molecule has 0 aliphatic heterocycles. The molecule has 1 N–H and O–H groups in total. The van der Waals surface area contributed by atoms with E-state index in [2.05, 4.69) is 47.0 Å². The van der Waals surface area contributed by atoms with Crippen LogP contribution >= 0.6 is 27.5 Å². The highest BCUT2D eigenvalue weighted by Gasteiger charge is 2.29. The van der Waals surface area contributed by atoms with Gasteiger partial charge < -0.3 is 5.32 Å². The van der Waals surface area contributed by atoms with E-state index in [9.17, 15) is 0 Å². The summed E-state index contributed by atoms with van der Waals surface area (Å²) >= 11 is 9.56. The summed E-state index contributed by atoms with van der Waals surface area (Å²) < 4.78 is 0.961. The molecule has 1 aromatic heterocycles. The Hall–Kier alpha value is -0.280. The first kappa shape index (κ1) is 15.1. The van der Waals surface area contributed by atoms with Gasteiger partial charge in [0.15, 0.2) is 5.15 Å². The molecule has 0 spiro atoms. The first-order valence-electron chi connectivity index (χ1n) is 6.94. The summed E-state index contributed by atoms with van der Waals surface area (Å²) in [5.74, 6) is 0.835. The molecule has 2 nitrogen and oxygen atoms in total. The molecule has 2 rings (SSSR count). The Morgan fingerprint density at radius 3 is 2.47 bits per heavy atom. The van der Waals surface area contributed by atoms with E-state index in [0.717, 1.165) is 16.1 Å². The highest BCUT2D eigenvalue weighted by Crippen LogP contribution is 2.38. The SMILES string of the molecule is CC(C)(C)C1CCC(Nc2cc(Br)cnc2Cl)CC1. The van der Waals surface area contributed by atoms with Crippen molar-refractivity contribution in [2.45, 2.75) is 52.5 Å². The number of aromatic nitrogens is 1. The first-order chi connectivity index (χ1) is 8.86. The predicted molar refractivity (Wildman–Crippen MR) is 85.8 cm³/mol. The lowest BCUT2D eigenvalue weighted by Crippen LogP contribution is -2.31. The lowest BCUT2D eigenvalue weighted by atomic mass is 9.71. The average Bonchev–Trinajstić information content (AvgIpc) is 2.33. The maximum absolute atomic E-state index is 6.12. The molecule has 1 saturated carbocycles. The van der Waals surface area contributed by atoms with Crippen LogP contribution in [0.2, 0.25) is 5.15 Å². The Balaban J connectivity index is 1.94. The van der Waals surface area contributed by atoms with Crippen LogP contribution in [0.3, 0.4) is 0 Å². The zero-order valence-electron chi connectivity index (χ0n) is 11.8. The van der Waals surface area contributed by atoms with E-state index in [1.165, 1.54) is 25.7 Å². The molecular formula is C15H22BrClN2. The Bertz CT molecular complexity index is 434. The van der Waals surface area contributed by atoms with Crippen molar-refractivity contribution in [3.8, 4) is 0 Å². The van der Waals surface area contributed by atoms with Crippen molar-refractivity contribution in [1.82, 2.24) is 4.98 Å². The van der Waals surface area contributed by atoms with E-state index in [4.69, 9.17) is 11.6 Å². The number of nitrogens with zero attached hydrogens (tertiary/aromatic N) is 1. The minimum Gasteiger partial charge on any atom is -0.380 e. The molecule has 1 aliphatic carbocycles. The minimum atomic E-state index is 0.431. The van der Waals surface area contributed by atoms with Gasteiger partial charge >= 0.3 is 0 Å². The lowest BCUT2D eigenvalue weighted by Gasteiger charge is -2.37. The summed E-state index contributed by atoms with van der Waals surface area (Å²) in [7, 11) is 0. The van der Waals surface area contributed by atoms with E-state index in [1.54, 1.807) is 6.20 Å². The van der Waals surface area contributed by atoms with Gasteiger partial charge in [0.25, 0.3) is 0 Å². The number of rotatable bonds is 2. The number of hydrogen-bond acceptors (Lipinski definition) is 2. The largest absolute Gasteiger partial charge is 0.380 e. The molecule has 1 fully saturated rings. The highest BCUT2D eigenvalue weighted by atomic mass is 79.9. The molecule has 0 amide bonds.